The number of carbonyl (C=O) groups is 1. The summed E-state index contributed by atoms with van der Waals surface area (Å²) in [7, 11) is 5.38. The molecule has 0 spiro atoms. The molecule has 45 heavy (non-hydrogen) atoms. The van der Waals surface area contributed by atoms with Gasteiger partial charge in [0.15, 0.2) is 0 Å². The molecule has 1 fully saturated rings. The highest BCUT2D eigenvalue weighted by molar-refractivity contribution is 6.34. The average Bonchev–Trinajstić information content (AvgIpc) is 3.05. The van der Waals surface area contributed by atoms with Gasteiger partial charge in [0, 0.05) is 24.2 Å². The molecule has 8 nitrogen and oxygen atoms in total. The van der Waals surface area contributed by atoms with Gasteiger partial charge in [-0.05, 0) is 92.7 Å². The molecule has 1 aromatic heterocycles. The molecule has 1 saturated heterocycles. The molecule has 2 aliphatic heterocycles. The van der Waals surface area contributed by atoms with Crippen molar-refractivity contribution in [3.63, 3.8) is 0 Å². The number of carbonyl (C=O) groups excluding carboxylic acids is 1. The van der Waals surface area contributed by atoms with Crippen LogP contribution in [0.1, 0.15) is 59.3 Å². The first-order valence-electron chi connectivity index (χ1n) is 15.5. The Hall–Kier alpha value is -4.14. The second-order valence-corrected chi connectivity index (χ2v) is 12.3. The Balaban J connectivity index is 1.40. The maximum absolute atomic E-state index is 14.4. The van der Waals surface area contributed by atoms with Gasteiger partial charge in [-0.25, -0.2) is 19.7 Å². The van der Waals surface area contributed by atoms with Crippen molar-refractivity contribution in [2.75, 3.05) is 44.2 Å². The van der Waals surface area contributed by atoms with E-state index in [2.05, 4.69) is 37.1 Å². The zero-order chi connectivity index (χ0) is 31.7. The van der Waals surface area contributed by atoms with Gasteiger partial charge in [-0.15, -0.1) is 0 Å². The number of aromatic nitrogens is 2. The molecule has 0 N–H and O–H groups in total. The highest BCUT2D eigenvalue weighted by Crippen LogP contribution is 2.43. The summed E-state index contributed by atoms with van der Waals surface area (Å²) in [5.41, 5.74) is 6.87. The fourth-order valence-electron chi connectivity index (χ4n) is 6.51. The third-order valence-electron chi connectivity index (χ3n) is 9.09. The molecule has 0 atom stereocenters. The van der Waals surface area contributed by atoms with Gasteiger partial charge in [-0.2, -0.15) is 0 Å². The Morgan fingerprint density at radius 3 is 2.51 bits per heavy atom. The number of methoxy groups -OCH3 is 2. The number of hydrogen-bond acceptors (Lipinski definition) is 6. The van der Waals surface area contributed by atoms with E-state index in [-0.39, 0.29) is 6.03 Å². The molecular weight excluding hydrogens is 586 g/mol. The number of hydrogen-bond donors (Lipinski definition) is 0. The minimum absolute atomic E-state index is 0.274. The third kappa shape index (κ3) is 6.09. The van der Waals surface area contributed by atoms with Gasteiger partial charge in [0.1, 0.15) is 23.1 Å². The first-order valence-corrected chi connectivity index (χ1v) is 15.9. The largest absolute Gasteiger partial charge is 0.497 e. The Morgan fingerprint density at radius 2 is 1.80 bits per heavy atom. The summed E-state index contributed by atoms with van der Waals surface area (Å²) in [6.45, 7) is 6.72. The summed E-state index contributed by atoms with van der Waals surface area (Å²) >= 11 is 6.67. The van der Waals surface area contributed by atoms with Crippen LogP contribution >= 0.6 is 11.6 Å². The van der Waals surface area contributed by atoms with Crippen molar-refractivity contribution in [3.05, 3.63) is 99.5 Å². The Kier molecular flexibility index (Phi) is 8.97. The van der Waals surface area contributed by atoms with Crippen molar-refractivity contribution < 1.29 is 14.3 Å². The Bertz CT molecular complexity index is 1700. The second-order valence-electron chi connectivity index (χ2n) is 11.9. The van der Waals surface area contributed by atoms with Gasteiger partial charge in [-0.1, -0.05) is 48.9 Å². The summed E-state index contributed by atoms with van der Waals surface area (Å²) in [5.74, 6) is 2.91. The molecule has 4 aromatic rings. The van der Waals surface area contributed by atoms with Crippen molar-refractivity contribution in [1.82, 2.24) is 14.9 Å². The molecule has 0 saturated carbocycles. The number of para-hydroxylation sites is 1. The van der Waals surface area contributed by atoms with Gasteiger partial charge < -0.3 is 14.4 Å². The van der Waals surface area contributed by atoms with Gasteiger partial charge in [0.05, 0.1) is 37.2 Å². The van der Waals surface area contributed by atoms with Crippen LogP contribution in [0.2, 0.25) is 5.02 Å². The standard InChI is InChI=1S/C36H40ClN5O3/c1-6-24-18-26(25-14-16-40(3)17-15-25)10-11-27(24)19-33-38-21-28-22-41(34-23(2)8-7-9-30(34)37)36(43)42(35(28)39-33)31-13-12-29(44-4)20-32(31)45-5/h7-13,18,20-21,25H,6,14-17,19,22H2,1-5H3. The highest BCUT2D eigenvalue weighted by atomic mass is 35.5. The quantitative estimate of drug-likeness (QED) is 0.200. The molecule has 3 heterocycles. The number of aryl methyl sites for hydroxylation is 2. The van der Waals surface area contributed by atoms with Crippen LogP contribution in [-0.4, -0.2) is 55.3 Å². The number of halogens is 1. The lowest BCUT2D eigenvalue weighted by atomic mass is 9.87. The van der Waals surface area contributed by atoms with Crippen LogP contribution in [-0.2, 0) is 19.4 Å². The number of likely N-dealkylation sites (tertiary alicyclic amines) is 1. The summed E-state index contributed by atoms with van der Waals surface area (Å²) < 4.78 is 11.2. The van der Waals surface area contributed by atoms with Crippen LogP contribution in [0.4, 0.5) is 22.0 Å². The molecule has 0 bridgehead atoms. The van der Waals surface area contributed by atoms with E-state index in [4.69, 9.17) is 31.0 Å². The molecule has 0 aliphatic carbocycles. The van der Waals surface area contributed by atoms with E-state index in [9.17, 15) is 4.79 Å². The maximum Gasteiger partial charge on any atom is 0.335 e. The topological polar surface area (TPSA) is 71.0 Å². The fourth-order valence-corrected chi connectivity index (χ4v) is 6.84. The van der Waals surface area contributed by atoms with Crippen LogP contribution in [0, 0.1) is 6.92 Å². The second kappa shape index (κ2) is 13.1. The summed E-state index contributed by atoms with van der Waals surface area (Å²) in [5, 5.41) is 0.502. The first-order chi connectivity index (χ1) is 21.8. The molecule has 0 unspecified atom stereocenters. The normalized spacial score (nSPS) is 15.7. The number of amides is 2. The lowest BCUT2D eigenvalue weighted by molar-refractivity contribution is 0.252. The van der Waals surface area contributed by atoms with E-state index >= 15 is 0 Å². The zero-order valence-electron chi connectivity index (χ0n) is 26.6. The lowest BCUT2D eigenvalue weighted by Crippen LogP contribution is -2.46. The van der Waals surface area contributed by atoms with E-state index in [1.54, 1.807) is 36.2 Å². The minimum atomic E-state index is -0.274. The predicted octanol–water partition coefficient (Wildman–Crippen LogP) is 7.70. The highest BCUT2D eigenvalue weighted by Gasteiger charge is 2.37. The number of benzene rings is 3. The molecule has 234 valence electrons. The van der Waals surface area contributed by atoms with Gasteiger partial charge in [-0.3, -0.25) is 4.90 Å². The van der Waals surface area contributed by atoms with Crippen molar-refractivity contribution >= 4 is 34.8 Å². The molecule has 2 amide bonds. The van der Waals surface area contributed by atoms with Crippen molar-refractivity contribution in [1.29, 1.82) is 0 Å². The predicted molar refractivity (Wildman–Crippen MR) is 180 cm³/mol. The number of anilines is 3. The summed E-state index contributed by atoms with van der Waals surface area (Å²) in [6.07, 6.45) is 5.72. The number of fused-ring (bicyclic) bond motifs is 1. The van der Waals surface area contributed by atoms with Crippen LogP contribution in [0.15, 0.2) is 60.8 Å². The number of urea groups is 1. The minimum Gasteiger partial charge on any atom is -0.497 e. The Labute approximate surface area is 270 Å². The third-order valence-corrected chi connectivity index (χ3v) is 9.40. The smallest absolute Gasteiger partial charge is 0.335 e. The van der Waals surface area contributed by atoms with Crippen molar-refractivity contribution in [2.45, 2.75) is 52.0 Å². The summed E-state index contributed by atoms with van der Waals surface area (Å²) in [4.78, 5) is 30.0. The number of piperidine rings is 1. The van der Waals surface area contributed by atoms with E-state index < -0.39 is 0 Å². The fraction of sp³-hybridized carbons (Fsp3) is 0.361. The molecule has 6 rings (SSSR count). The molecule has 0 radical (unpaired) electrons. The average molecular weight is 626 g/mol. The monoisotopic (exact) mass is 625 g/mol. The molecule has 2 aliphatic rings. The number of rotatable bonds is 8. The van der Waals surface area contributed by atoms with Crippen LogP contribution in [0.3, 0.4) is 0 Å². The van der Waals surface area contributed by atoms with E-state index in [0.29, 0.717) is 58.4 Å². The zero-order valence-corrected chi connectivity index (χ0v) is 27.4. The van der Waals surface area contributed by atoms with Crippen LogP contribution in [0.25, 0.3) is 0 Å². The van der Waals surface area contributed by atoms with E-state index in [1.165, 1.54) is 29.5 Å². The number of ether oxygens (including phenoxy) is 2. The van der Waals surface area contributed by atoms with Gasteiger partial charge in [0.2, 0.25) is 0 Å². The van der Waals surface area contributed by atoms with Crippen molar-refractivity contribution in [3.8, 4) is 11.5 Å². The summed E-state index contributed by atoms with van der Waals surface area (Å²) in [6, 6.07) is 17.7. The lowest BCUT2D eigenvalue weighted by Gasteiger charge is -2.37. The van der Waals surface area contributed by atoms with Crippen molar-refractivity contribution in [2.24, 2.45) is 0 Å². The molecule has 3 aromatic carbocycles. The van der Waals surface area contributed by atoms with E-state index in [1.807, 2.05) is 37.4 Å². The van der Waals surface area contributed by atoms with Gasteiger partial charge in [0.25, 0.3) is 0 Å². The van der Waals surface area contributed by atoms with Crippen LogP contribution < -0.4 is 19.3 Å². The Morgan fingerprint density at radius 1 is 1.00 bits per heavy atom. The van der Waals surface area contributed by atoms with Gasteiger partial charge >= 0.3 is 6.03 Å². The molecule has 9 heteroatoms. The van der Waals surface area contributed by atoms with E-state index in [0.717, 1.165) is 30.6 Å². The SMILES string of the molecule is CCc1cc(C2CCN(C)CC2)ccc1Cc1ncc2c(n1)N(c1ccc(OC)cc1OC)C(=O)N(c1c(C)cccc1Cl)C2. The first kappa shape index (κ1) is 30.9. The number of nitrogens with zero attached hydrogens (tertiary/aromatic N) is 5. The maximum atomic E-state index is 14.4. The van der Waals surface area contributed by atoms with Crippen LogP contribution in [0.5, 0.6) is 11.5 Å². The molecular formula is C36H40ClN5O3.